The van der Waals surface area contributed by atoms with Gasteiger partial charge in [-0.15, -0.1) is 0 Å². The fraction of sp³-hybridized carbons (Fsp3) is 0.526. The van der Waals surface area contributed by atoms with Gasteiger partial charge in [-0.3, -0.25) is 9.59 Å². The van der Waals surface area contributed by atoms with Crippen LogP contribution < -0.4 is 11.1 Å². The number of nitrogens with zero attached hydrogens (tertiary/aromatic N) is 1. The Bertz CT molecular complexity index is 549. The van der Waals surface area contributed by atoms with Gasteiger partial charge in [0.05, 0.1) is 0 Å². The number of primary amides is 1. The lowest BCUT2D eigenvalue weighted by molar-refractivity contribution is -0.120. The molecule has 0 aliphatic carbocycles. The second kappa shape index (κ2) is 12.4. The standard InChI is InChI=1S/C19H29N3O2S/c1-2-3-4-5-9-12-18(24)21-19(25)22(14-13-17(20)23)15-16-10-7-6-8-11-16/h6-8,10-11H,2-5,9,12-15H2,1H3,(H2,20,23)(H,21,24,25). The van der Waals surface area contributed by atoms with Crippen molar-refractivity contribution < 1.29 is 9.59 Å². The van der Waals surface area contributed by atoms with E-state index in [-0.39, 0.29) is 18.2 Å². The lowest BCUT2D eigenvalue weighted by Gasteiger charge is -2.25. The first-order valence-corrected chi connectivity index (χ1v) is 9.34. The molecule has 25 heavy (non-hydrogen) atoms. The summed E-state index contributed by atoms with van der Waals surface area (Å²) in [5.41, 5.74) is 6.30. The molecule has 0 aliphatic heterocycles. The molecule has 0 aromatic heterocycles. The maximum atomic E-state index is 12.1. The number of nitrogens with two attached hydrogens (primary N) is 1. The predicted octanol–water partition coefficient (Wildman–Crippen LogP) is 3.13. The Morgan fingerprint density at radius 1 is 1.08 bits per heavy atom. The van der Waals surface area contributed by atoms with E-state index in [9.17, 15) is 9.59 Å². The highest BCUT2D eigenvalue weighted by Crippen LogP contribution is 2.07. The van der Waals surface area contributed by atoms with Gasteiger partial charge in [-0.2, -0.15) is 0 Å². The smallest absolute Gasteiger partial charge is 0.226 e. The van der Waals surface area contributed by atoms with Crippen molar-refractivity contribution in [1.82, 2.24) is 10.2 Å². The van der Waals surface area contributed by atoms with E-state index in [1.54, 1.807) is 0 Å². The Kier molecular flexibility index (Phi) is 10.5. The quantitative estimate of drug-likeness (QED) is 0.468. The van der Waals surface area contributed by atoms with Gasteiger partial charge in [-0.1, -0.05) is 62.9 Å². The van der Waals surface area contributed by atoms with Crippen LogP contribution in [-0.4, -0.2) is 28.4 Å². The van der Waals surface area contributed by atoms with Crippen LogP contribution in [0.5, 0.6) is 0 Å². The number of hydrogen-bond acceptors (Lipinski definition) is 3. The Labute approximate surface area is 156 Å². The summed E-state index contributed by atoms with van der Waals surface area (Å²) < 4.78 is 0. The molecule has 0 heterocycles. The van der Waals surface area contributed by atoms with E-state index in [0.29, 0.717) is 24.6 Å². The first-order valence-electron chi connectivity index (χ1n) is 8.94. The zero-order chi connectivity index (χ0) is 18.5. The Balaban J connectivity index is 2.50. The molecule has 5 nitrogen and oxygen atoms in total. The van der Waals surface area contributed by atoms with E-state index >= 15 is 0 Å². The van der Waals surface area contributed by atoms with Gasteiger partial charge in [0.15, 0.2) is 5.11 Å². The lowest BCUT2D eigenvalue weighted by atomic mass is 10.1. The molecule has 1 aromatic carbocycles. The van der Waals surface area contributed by atoms with E-state index in [1.165, 1.54) is 12.8 Å². The molecule has 3 N–H and O–H groups in total. The highest BCUT2D eigenvalue weighted by molar-refractivity contribution is 7.80. The SMILES string of the molecule is CCCCCCCC(=O)NC(=S)N(CCC(N)=O)Cc1ccccc1. The summed E-state index contributed by atoms with van der Waals surface area (Å²) >= 11 is 5.37. The summed E-state index contributed by atoms with van der Waals surface area (Å²) in [7, 11) is 0. The number of carbonyl (C=O) groups excluding carboxylic acids is 2. The maximum absolute atomic E-state index is 12.1. The van der Waals surface area contributed by atoms with Crippen LogP contribution >= 0.6 is 12.2 Å². The molecule has 0 spiro atoms. The first kappa shape index (κ1) is 21.1. The summed E-state index contributed by atoms with van der Waals surface area (Å²) in [5.74, 6) is -0.457. The van der Waals surface area contributed by atoms with Crippen molar-refractivity contribution >= 4 is 29.1 Å². The largest absolute Gasteiger partial charge is 0.370 e. The van der Waals surface area contributed by atoms with Gasteiger partial charge in [0.25, 0.3) is 0 Å². The molecular weight excluding hydrogens is 334 g/mol. The summed E-state index contributed by atoms with van der Waals surface area (Å²) in [6, 6.07) is 9.79. The van der Waals surface area contributed by atoms with Crippen molar-refractivity contribution in [3.05, 3.63) is 35.9 Å². The average molecular weight is 364 g/mol. The summed E-state index contributed by atoms with van der Waals surface area (Å²) in [4.78, 5) is 25.0. The number of amides is 2. The summed E-state index contributed by atoms with van der Waals surface area (Å²) in [5, 5.41) is 3.13. The number of rotatable bonds is 11. The van der Waals surface area contributed by atoms with Crippen molar-refractivity contribution in [2.45, 2.75) is 58.4 Å². The fourth-order valence-corrected chi connectivity index (χ4v) is 2.72. The molecule has 0 saturated carbocycles. The van der Waals surface area contributed by atoms with Crippen LogP contribution in [0, 0.1) is 0 Å². The Morgan fingerprint density at radius 3 is 2.40 bits per heavy atom. The Hall–Kier alpha value is -1.95. The molecule has 0 atom stereocenters. The minimum absolute atomic E-state index is 0.0707. The van der Waals surface area contributed by atoms with E-state index in [2.05, 4.69) is 12.2 Å². The second-order valence-corrected chi connectivity index (χ2v) is 6.53. The van der Waals surface area contributed by atoms with Crippen LogP contribution in [0.4, 0.5) is 0 Å². The van der Waals surface area contributed by atoms with Crippen LogP contribution in [0.1, 0.15) is 57.4 Å². The first-order chi connectivity index (χ1) is 12.0. The van der Waals surface area contributed by atoms with Gasteiger partial charge in [0.1, 0.15) is 0 Å². The number of benzene rings is 1. The Morgan fingerprint density at radius 2 is 1.76 bits per heavy atom. The van der Waals surface area contributed by atoms with E-state index in [4.69, 9.17) is 18.0 Å². The maximum Gasteiger partial charge on any atom is 0.226 e. The molecule has 2 amide bonds. The van der Waals surface area contributed by atoms with Crippen LogP contribution in [0.15, 0.2) is 30.3 Å². The van der Waals surface area contributed by atoms with Crippen LogP contribution in [0.25, 0.3) is 0 Å². The van der Waals surface area contributed by atoms with E-state index in [0.717, 1.165) is 24.8 Å². The third kappa shape index (κ3) is 9.82. The van der Waals surface area contributed by atoms with Gasteiger partial charge in [-0.05, 0) is 24.2 Å². The molecule has 0 radical (unpaired) electrons. The lowest BCUT2D eigenvalue weighted by Crippen LogP contribution is -2.43. The van der Waals surface area contributed by atoms with Crippen molar-refractivity contribution in [3.63, 3.8) is 0 Å². The topological polar surface area (TPSA) is 75.4 Å². The van der Waals surface area contributed by atoms with Gasteiger partial charge >= 0.3 is 0 Å². The number of unbranched alkanes of at least 4 members (excludes halogenated alkanes) is 4. The zero-order valence-corrected chi connectivity index (χ0v) is 15.8. The van der Waals surface area contributed by atoms with Crippen LogP contribution in [-0.2, 0) is 16.1 Å². The molecule has 0 aliphatic rings. The normalized spacial score (nSPS) is 10.3. The highest BCUT2D eigenvalue weighted by Gasteiger charge is 2.14. The third-order valence-corrected chi connectivity index (χ3v) is 4.25. The molecule has 138 valence electrons. The minimum atomic E-state index is -0.386. The van der Waals surface area contributed by atoms with Gasteiger partial charge in [0.2, 0.25) is 11.8 Å². The molecule has 0 saturated heterocycles. The second-order valence-electron chi connectivity index (χ2n) is 6.14. The zero-order valence-electron chi connectivity index (χ0n) is 15.0. The fourth-order valence-electron chi connectivity index (χ4n) is 2.45. The van der Waals surface area contributed by atoms with E-state index in [1.807, 2.05) is 35.2 Å². The predicted molar refractivity (Wildman–Crippen MR) is 105 cm³/mol. The van der Waals surface area contributed by atoms with Crippen molar-refractivity contribution in [3.8, 4) is 0 Å². The number of nitrogens with one attached hydrogen (secondary N) is 1. The molecule has 1 rings (SSSR count). The highest BCUT2D eigenvalue weighted by atomic mass is 32.1. The number of hydrogen-bond donors (Lipinski definition) is 2. The molecule has 0 unspecified atom stereocenters. The van der Waals surface area contributed by atoms with Gasteiger partial charge in [-0.25, -0.2) is 0 Å². The average Bonchev–Trinajstić information content (AvgIpc) is 2.59. The third-order valence-electron chi connectivity index (χ3n) is 3.89. The van der Waals surface area contributed by atoms with E-state index < -0.39 is 0 Å². The summed E-state index contributed by atoms with van der Waals surface area (Å²) in [6.45, 7) is 3.09. The van der Waals surface area contributed by atoms with Gasteiger partial charge < -0.3 is 16.0 Å². The summed E-state index contributed by atoms with van der Waals surface area (Å²) in [6.07, 6.45) is 6.14. The molecule has 1 aromatic rings. The minimum Gasteiger partial charge on any atom is -0.370 e. The number of thiocarbonyl (C=S) groups is 1. The molecule has 0 fully saturated rings. The molecule has 6 heteroatoms. The monoisotopic (exact) mass is 363 g/mol. The molecule has 0 bridgehead atoms. The van der Waals surface area contributed by atoms with Gasteiger partial charge in [0, 0.05) is 25.9 Å². The molecular formula is C19H29N3O2S. The van der Waals surface area contributed by atoms with Crippen molar-refractivity contribution in [2.24, 2.45) is 5.73 Å². The van der Waals surface area contributed by atoms with Crippen LogP contribution in [0.2, 0.25) is 0 Å². The van der Waals surface area contributed by atoms with Crippen molar-refractivity contribution in [1.29, 1.82) is 0 Å². The van der Waals surface area contributed by atoms with Crippen LogP contribution in [0.3, 0.4) is 0 Å². The van der Waals surface area contributed by atoms with Crippen molar-refractivity contribution in [2.75, 3.05) is 6.54 Å². The number of carbonyl (C=O) groups is 2.